The molecule has 0 atom stereocenters. The van der Waals surface area contributed by atoms with Gasteiger partial charge in [-0.3, -0.25) is 21.1 Å². The Morgan fingerprint density at radius 1 is 1.75 bits per heavy atom. The third kappa shape index (κ3) is 3.54. The average molecular weight is 118 g/mol. The molecule has 0 saturated heterocycles. The highest BCUT2D eigenvalue weighted by Gasteiger charge is 1.88. The second-order valence-corrected chi connectivity index (χ2v) is 1.30. The molecule has 0 aromatic rings. The number of hydrazine groups is 2. The van der Waals surface area contributed by atoms with Crippen LogP contribution < -0.4 is 17.1 Å². The summed E-state index contributed by atoms with van der Waals surface area (Å²) in [6, 6.07) is 0. The molecule has 0 heterocycles. The number of hydrogen-bond donors (Lipinski definition) is 3. The lowest BCUT2D eigenvalue weighted by Crippen LogP contribution is -2.38. The quantitative estimate of drug-likeness (QED) is 0.169. The van der Waals surface area contributed by atoms with Gasteiger partial charge in [0.25, 0.3) is 0 Å². The predicted molar refractivity (Wildman–Crippen MR) is 29.1 cm³/mol. The van der Waals surface area contributed by atoms with Crippen LogP contribution in [0, 0.1) is 0 Å². The van der Waals surface area contributed by atoms with Crippen molar-refractivity contribution in [1.29, 1.82) is 0 Å². The van der Waals surface area contributed by atoms with Crippen LogP contribution in [-0.2, 0) is 4.79 Å². The topological polar surface area (TPSA) is 84.4 Å². The van der Waals surface area contributed by atoms with Crippen molar-refractivity contribution in [3.8, 4) is 0 Å². The largest absolute Gasteiger partial charge is 0.282 e. The summed E-state index contributed by atoms with van der Waals surface area (Å²) in [7, 11) is 0. The second kappa shape index (κ2) is 4.51. The summed E-state index contributed by atoms with van der Waals surface area (Å²) < 4.78 is 0. The number of rotatable bonds is 4. The van der Waals surface area contributed by atoms with Gasteiger partial charge < -0.3 is 0 Å². The molecule has 0 saturated carbocycles. The van der Waals surface area contributed by atoms with Crippen LogP contribution in [0.3, 0.4) is 0 Å². The summed E-state index contributed by atoms with van der Waals surface area (Å²) in [6.45, 7) is 0.940. The average Bonchev–Trinajstić information content (AvgIpc) is 1.83. The van der Waals surface area contributed by atoms with Crippen molar-refractivity contribution in [3.05, 3.63) is 0 Å². The van der Waals surface area contributed by atoms with E-state index in [1.165, 1.54) is 0 Å². The van der Waals surface area contributed by atoms with E-state index in [9.17, 15) is 4.79 Å². The summed E-state index contributed by atoms with van der Waals surface area (Å²) >= 11 is 0. The zero-order chi connectivity index (χ0) is 6.41. The fourth-order valence-electron chi connectivity index (χ4n) is 0.246. The molecule has 0 spiro atoms. The van der Waals surface area contributed by atoms with Crippen molar-refractivity contribution >= 4 is 6.41 Å². The Morgan fingerprint density at radius 3 is 2.75 bits per heavy atom. The van der Waals surface area contributed by atoms with Gasteiger partial charge in [0, 0.05) is 6.54 Å². The molecular weight excluding hydrogens is 108 g/mol. The first-order valence-electron chi connectivity index (χ1n) is 2.21. The Hall–Kier alpha value is -0.650. The molecule has 0 aliphatic carbocycles. The van der Waals surface area contributed by atoms with Crippen molar-refractivity contribution in [1.82, 2.24) is 10.4 Å². The fraction of sp³-hybridized carbons (Fsp3) is 0.667. The molecule has 0 aromatic carbocycles. The molecule has 8 heavy (non-hydrogen) atoms. The minimum atomic E-state index is 0.431. The summed E-state index contributed by atoms with van der Waals surface area (Å²) in [6.07, 6.45) is 0.539. The van der Waals surface area contributed by atoms with E-state index in [1.54, 1.807) is 0 Å². The Labute approximate surface area is 47.6 Å². The van der Waals surface area contributed by atoms with Crippen LogP contribution in [0.25, 0.3) is 0 Å². The highest BCUT2D eigenvalue weighted by molar-refractivity contribution is 5.45. The Balaban J connectivity index is 2.98. The van der Waals surface area contributed by atoms with Gasteiger partial charge in [-0.05, 0) is 0 Å². The zero-order valence-electron chi connectivity index (χ0n) is 4.50. The number of hydrogen-bond acceptors (Lipinski definition) is 4. The minimum Gasteiger partial charge on any atom is -0.282 e. The van der Waals surface area contributed by atoms with Gasteiger partial charge in [0.1, 0.15) is 0 Å². The van der Waals surface area contributed by atoms with Crippen molar-refractivity contribution in [2.24, 2.45) is 11.7 Å². The third-order valence-corrected chi connectivity index (χ3v) is 0.650. The van der Waals surface area contributed by atoms with E-state index in [0.29, 0.717) is 19.5 Å². The van der Waals surface area contributed by atoms with Gasteiger partial charge in [-0.1, -0.05) is 0 Å². The van der Waals surface area contributed by atoms with E-state index >= 15 is 0 Å². The molecule has 1 amide bonds. The van der Waals surface area contributed by atoms with Crippen molar-refractivity contribution in [2.45, 2.75) is 0 Å². The normalized spacial score (nSPS) is 8.75. The summed E-state index contributed by atoms with van der Waals surface area (Å²) in [5.74, 6) is 9.91. The minimum absolute atomic E-state index is 0.431. The second-order valence-electron chi connectivity index (χ2n) is 1.30. The number of nitrogens with one attached hydrogen (secondary N) is 1. The van der Waals surface area contributed by atoms with E-state index in [-0.39, 0.29) is 0 Å². The molecule has 0 bridgehead atoms. The maximum atomic E-state index is 9.74. The van der Waals surface area contributed by atoms with Gasteiger partial charge in [-0.2, -0.15) is 0 Å². The molecule has 5 nitrogen and oxygen atoms in total. The monoisotopic (exact) mass is 118 g/mol. The standard InChI is InChI=1S/C3H10N4O/c4-6-1-2-7(5)3-8/h3,6H,1-2,4-5H2. The Kier molecular flexibility index (Phi) is 4.14. The van der Waals surface area contributed by atoms with E-state index in [4.69, 9.17) is 11.7 Å². The van der Waals surface area contributed by atoms with Crippen LogP contribution in [0.5, 0.6) is 0 Å². The lowest BCUT2D eigenvalue weighted by Gasteiger charge is -2.07. The predicted octanol–water partition coefficient (Wildman–Crippen LogP) is -2.22. The highest BCUT2D eigenvalue weighted by atomic mass is 16.1. The zero-order valence-corrected chi connectivity index (χ0v) is 4.50. The number of carbonyl (C=O) groups excluding carboxylic acids is 1. The van der Waals surface area contributed by atoms with E-state index in [2.05, 4.69) is 5.43 Å². The SMILES string of the molecule is NNCCN(N)C=O. The molecule has 5 N–H and O–H groups in total. The van der Waals surface area contributed by atoms with Gasteiger partial charge in [0.15, 0.2) is 0 Å². The molecule has 0 aliphatic heterocycles. The van der Waals surface area contributed by atoms with Crippen LogP contribution in [0.15, 0.2) is 0 Å². The lowest BCUT2D eigenvalue weighted by molar-refractivity contribution is -0.118. The molecule has 48 valence electrons. The summed E-state index contributed by atoms with van der Waals surface area (Å²) in [5.41, 5.74) is 2.35. The van der Waals surface area contributed by atoms with Gasteiger partial charge in [0.2, 0.25) is 6.41 Å². The fourth-order valence-corrected chi connectivity index (χ4v) is 0.246. The molecular formula is C3H10N4O. The first-order valence-corrected chi connectivity index (χ1v) is 2.21. The van der Waals surface area contributed by atoms with Gasteiger partial charge in [-0.25, -0.2) is 5.84 Å². The molecule has 5 heteroatoms. The maximum absolute atomic E-state index is 9.74. The Bertz CT molecular complexity index is 66.3. The lowest BCUT2D eigenvalue weighted by atomic mass is 10.6. The molecule has 0 rings (SSSR count). The third-order valence-electron chi connectivity index (χ3n) is 0.650. The van der Waals surface area contributed by atoms with E-state index in [1.807, 2.05) is 0 Å². The van der Waals surface area contributed by atoms with E-state index in [0.717, 1.165) is 5.01 Å². The first kappa shape index (κ1) is 7.35. The van der Waals surface area contributed by atoms with Crippen molar-refractivity contribution < 1.29 is 4.79 Å². The van der Waals surface area contributed by atoms with E-state index < -0.39 is 0 Å². The summed E-state index contributed by atoms with van der Waals surface area (Å²) in [4.78, 5) is 9.74. The maximum Gasteiger partial charge on any atom is 0.223 e. The van der Waals surface area contributed by atoms with Gasteiger partial charge >= 0.3 is 0 Å². The number of carbonyl (C=O) groups is 1. The first-order chi connectivity index (χ1) is 3.81. The molecule has 0 aliphatic rings. The van der Waals surface area contributed by atoms with Crippen molar-refractivity contribution in [2.75, 3.05) is 13.1 Å². The van der Waals surface area contributed by atoms with Gasteiger partial charge in [-0.15, -0.1) is 0 Å². The molecule has 0 unspecified atom stereocenters. The van der Waals surface area contributed by atoms with Crippen LogP contribution in [-0.4, -0.2) is 24.5 Å². The molecule has 0 aromatic heterocycles. The number of nitrogens with two attached hydrogens (primary N) is 2. The smallest absolute Gasteiger partial charge is 0.223 e. The van der Waals surface area contributed by atoms with Gasteiger partial charge in [0.05, 0.1) is 6.54 Å². The number of amides is 1. The van der Waals surface area contributed by atoms with Crippen LogP contribution >= 0.6 is 0 Å². The molecule has 0 fully saturated rings. The van der Waals surface area contributed by atoms with Crippen molar-refractivity contribution in [3.63, 3.8) is 0 Å². The van der Waals surface area contributed by atoms with Crippen LogP contribution in [0.4, 0.5) is 0 Å². The number of nitrogens with zero attached hydrogens (tertiary/aromatic N) is 1. The highest BCUT2D eigenvalue weighted by Crippen LogP contribution is 1.62. The Morgan fingerprint density at radius 2 is 2.38 bits per heavy atom. The summed E-state index contributed by atoms with van der Waals surface area (Å²) in [5, 5.41) is 1.01. The van der Waals surface area contributed by atoms with Crippen LogP contribution in [0.1, 0.15) is 0 Å². The van der Waals surface area contributed by atoms with Crippen LogP contribution in [0.2, 0.25) is 0 Å². The molecule has 0 radical (unpaired) electrons.